The van der Waals surface area contributed by atoms with Crippen molar-refractivity contribution in [1.29, 1.82) is 0 Å². The molecule has 0 aliphatic carbocycles. The van der Waals surface area contributed by atoms with E-state index in [1.165, 1.54) is 11.4 Å². The van der Waals surface area contributed by atoms with Crippen molar-refractivity contribution in [2.45, 2.75) is 38.2 Å². The van der Waals surface area contributed by atoms with Crippen LogP contribution in [0.2, 0.25) is 0 Å². The van der Waals surface area contributed by atoms with E-state index in [4.69, 9.17) is 5.73 Å². The molecule has 19 heavy (non-hydrogen) atoms. The van der Waals surface area contributed by atoms with Gasteiger partial charge in [-0.05, 0) is 50.5 Å². The van der Waals surface area contributed by atoms with E-state index in [-0.39, 0.29) is 17.1 Å². The predicted octanol–water partition coefficient (Wildman–Crippen LogP) is 1.28. The molecule has 1 aromatic rings. The summed E-state index contributed by atoms with van der Waals surface area (Å²) in [4.78, 5) is 0.128. The summed E-state index contributed by atoms with van der Waals surface area (Å²) >= 11 is 0. The number of nitrogens with two attached hydrogens (primary N) is 1. The molecule has 0 aliphatic heterocycles. The van der Waals surface area contributed by atoms with Crippen molar-refractivity contribution in [2.24, 2.45) is 0 Å². The van der Waals surface area contributed by atoms with Crippen LogP contribution in [0.15, 0.2) is 17.0 Å². The highest BCUT2D eigenvalue weighted by atomic mass is 32.2. The van der Waals surface area contributed by atoms with Gasteiger partial charge in [-0.15, -0.1) is 0 Å². The maximum atomic E-state index is 12.4. The zero-order valence-corrected chi connectivity index (χ0v) is 12.7. The number of aliphatic hydroxyl groups excluding tert-OH is 1. The topological polar surface area (TPSA) is 83.6 Å². The lowest BCUT2D eigenvalue weighted by atomic mass is 10.1. The third kappa shape index (κ3) is 3.68. The maximum absolute atomic E-state index is 12.4. The number of nitrogen functional groups attached to an aromatic ring is 1. The first-order valence-electron chi connectivity index (χ1n) is 6.17. The lowest BCUT2D eigenvalue weighted by molar-refractivity contribution is 0.177. The van der Waals surface area contributed by atoms with E-state index in [1.54, 1.807) is 19.1 Å². The van der Waals surface area contributed by atoms with Crippen molar-refractivity contribution in [1.82, 2.24) is 4.31 Å². The predicted molar refractivity (Wildman–Crippen MR) is 76.4 cm³/mol. The molecule has 6 heteroatoms. The highest BCUT2D eigenvalue weighted by Gasteiger charge is 2.23. The fourth-order valence-corrected chi connectivity index (χ4v) is 3.06. The van der Waals surface area contributed by atoms with E-state index in [0.29, 0.717) is 6.42 Å². The van der Waals surface area contributed by atoms with E-state index in [1.807, 2.05) is 13.8 Å². The summed E-state index contributed by atoms with van der Waals surface area (Å²) in [6, 6.07) is 3.27. The molecule has 108 valence electrons. The van der Waals surface area contributed by atoms with Gasteiger partial charge in [0.25, 0.3) is 0 Å². The Hall–Kier alpha value is -1.11. The number of benzene rings is 1. The number of aryl methyl sites for hydroxylation is 2. The molecule has 0 saturated carbocycles. The lowest BCUT2D eigenvalue weighted by Gasteiger charge is -2.19. The van der Waals surface area contributed by atoms with Gasteiger partial charge < -0.3 is 10.8 Å². The Balaban J connectivity index is 3.10. The van der Waals surface area contributed by atoms with Gasteiger partial charge in [-0.2, -0.15) is 0 Å². The van der Waals surface area contributed by atoms with Crippen molar-refractivity contribution in [2.75, 3.05) is 19.3 Å². The molecule has 0 saturated heterocycles. The Bertz CT molecular complexity index is 553. The van der Waals surface area contributed by atoms with Gasteiger partial charge in [0, 0.05) is 13.6 Å². The minimum atomic E-state index is -3.61. The molecule has 0 aliphatic rings. The van der Waals surface area contributed by atoms with Crippen LogP contribution in [-0.4, -0.2) is 37.5 Å². The normalized spacial score (nSPS) is 13.8. The molecule has 0 heterocycles. The van der Waals surface area contributed by atoms with Gasteiger partial charge in [-0.1, -0.05) is 0 Å². The molecular weight excluding hydrogens is 264 g/mol. The zero-order valence-electron chi connectivity index (χ0n) is 11.8. The number of hydrogen-bond acceptors (Lipinski definition) is 4. The molecule has 1 rings (SSSR count). The lowest BCUT2D eigenvalue weighted by Crippen LogP contribution is -2.30. The number of nitrogens with zero attached hydrogens (tertiary/aromatic N) is 1. The number of sulfonamides is 1. The SMILES string of the molecule is Cc1cc(N)c(S(=O)(=O)N(C)CCC(C)O)cc1C. The fourth-order valence-electron chi connectivity index (χ4n) is 1.69. The van der Waals surface area contributed by atoms with Crippen molar-refractivity contribution >= 4 is 15.7 Å². The highest BCUT2D eigenvalue weighted by molar-refractivity contribution is 7.89. The number of rotatable bonds is 5. The molecule has 0 radical (unpaired) electrons. The third-order valence-electron chi connectivity index (χ3n) is 3.18. The summed E-state index contributed by atoms with van der Waals surface area (Å²) < 4.78 is 26.0. The summed E-state index contributed by atoms with van der Waals surface area (Å²) in [6.45, 7) is 5.63. The summed E-state index contributed by atoms with van der Waals surface area (Å²) in [5, 5.41) is 9.23. The number of aliphatic hydroxyl groups is 1. The quantitative estimate of drug-likeness (QED) is 0.799. The van der Waals surface area contributed by atoms with Crippen LogP contribution in [0.4, 0.5) is 5.69 Å². The minimum Gasteiger partial charge on any atom is -0.398 e. The molecule has 0 spiro atoms. The first-order valence-corrected chi connectivity index (χ1v) is 7.61. The molecule has 1 atom stereocenters. The van der Waals surface area contributed by atoms with Gasteiger partial charge in [0.1, 0.15) is 4.90 Å². The highest BCUT2D eigenvalue weighted by Crippen LogP contribution is 2.25. The molecule has 1 unspecified atom stereocenters. The average molecular weight is 286 g/mol. The van der Waals surface area contributed by atoms with Gasteiger partial charge in [0.2, 0.25) is 10.0 Å². The van der Waals surface area contributed by atoms with Crippen molar-refractivity contribution in [3.8, 4) is 0 Å². The fraction of sp³-hybridized carbons (Fsp3) is 0.538. The van der Waals surface area contributed by atoms with Gasteiger partial charge in [-0.25, -0.2) is 12.7 Å². The molecule has 0 amide bonds. The Morgan fingerprint density at radius 3 is 2.37 bits per heavy atom. The summed E-state index contributed by atoms with van der Waals surface area (Å²) in [7, 11) is -2.11. The zero-order chi connectivity index (χ0) is 14.8. The molecular formula is C13H22N2O3S. The molecule has 0 bridgehead atoms. The Labute approximate surface area is 115 Å². The van der Waals surface area contributed by atoms with Crippen LogP contribution in [0.25, 0.3) is 0 Å². The molecule has 3 N–H and O–H groups in total. The van der Waals surface area contributed by atoms with Crippen LogP contribution < -0.4 is 5.73 Å². The van der Waals surface area contributed by atoms with Crippen LogP contribution in [-0.2, 0) is 10.0 Å². The third-order valence-corrected chi connectivity index (χ3v) is 5.09. The van der Waals surface area contributed by atoms with Gasteiger partial charge in [0.05, 0.1) is 11.8 Å². The number of anilines is 1. The van der Waals surface area contributed by atoms with Crippen molar-refractivity contribution in [3.63, 3.8) is 0 Å². The van der Waals surface area contributed by atoms with Crippen LogP contribution in [0.1, 0.15) is 24.5 Å². The van der Waals surface area contributed by atoms with Gasteiger partial charge in [-0.3, -0.25) is 0 Å². The van der Waals surface area contributed by atoms with Crippen molar-refractivity contribution in [3.05, 3.63) is 23.3 Å². The second-order valence-electron chi connectivity index (χ2n) is 4.94. The van der Waals surface area contributed by atoms with E-state index < -0.39 is 16.1 Å². The molecule has 1 aromatic carbocycles. The van der Waals surface area contributed by atoms with Gasteiger partial charge >= 0.3 is 0 Å². The molecule has 0 fully saturated rings. The van der Waals surface area contributed by atoms with E-state index in [0.717, 1.165) is 11.1 Å². The Morgan fingerprint density at radius 1 is 1.32 bits per heavy atom. The largest absolute Gasteiger partial charge is 0.398 e. The summed E-state index contributed by atoms with van der Waals surface area (Å²) in [6.07, 6.45) is -0.143. The van der Waals surface area contributed by atoms with E-state index in [2.05, 4.69) is 0 Å². The van der Waals surface area contributed by atoms with E-state index >= 15 is 0 Å². The standard InChI is InChI=1S/C13H22N2O3S/c1-9-7-12(14)13(8-10(9)2)19(17,18)15(4)6-5-11(3)16/h7-8,11,16H,5-6,14H2,1-4H3. The molecule has 0 aromatic heterocycles. The molecule has 5 nitrogen and oxygen atoms in total. The Morgan fingerprint density at radius 2 is 1.84 bits per heavy atom. The minimum absolute atomic E-state index is 0.128. The smallest absolute Gasteiger partial charge is 0.244 e. The Kier molecular flexibility index (Phi) is 4.95. The van der Waals surface area contributed by atoms with Crippen LogP contribution in [0, 0.1) is 13.8 Å². The second-order valence-corrected chi connectivity index (χ2v) is 6.95. The van der Waals surface area contributed by atoms with Crippen LogP contribution in [0.3, 0.4) is 0 Å². The summed E-state index contributed by atoms with van der Waals surface area (Å²) in [5.74, 6) is 0. The van der Waals surface area contributed by atoms with Crippen LogP contribution >= 0.6 is 0 Å². The maximum Gasteiger partial charge on any atom is 0.244 e. The second kappa shape index (κ2) is 5.90. The number of hydrogen-bond donors (Lipinski definition) is 2. The average Bonchev–Trinajstić information content (AvgIpc) is 2.30. The summed E-state index contributed by atoms with van der Waals surface area (Å²) in [5.41, 5.74) is 7.92. The first kappa shape index (κ1) is 15.9. The van der Waals surface area contributed by atoms with Gasteiger partial charge in [0.15, 0.2) is 0 Å². The monoisotopic (exact) mass is 286 g/mol. The van der Waals surface area contributed by atoms with Crippen LogP contribution in [0.5, 0.6) is 0 Å². The van der Waals surface area contributed by atoms with E-state index in [9.17, 15) is 13.5 Å². The first-order chi connectivity index (χ1) is 8.66. The van der Waals surface area contributed by atoms with Crippen molar-refractivity contribution < 1.29 is 13.5 Å².